The molecule has 1 aliphatic rings. The molecule has 3 N–H and O–H groups in total. The molecule has 4 rings (SSSR count). The van der Waals surface area contributed by atoms with Crippen LogP contribution in [0.2, 0.25) is 0 Å². The molecule has 3 aromatic rings. The van der Waals surface area contributed by atoms with Crippen LogP contribution in [0.25, 0.3) is 0 Å². The second-order valence-electron chi connectivity index (χ2n) is 12.9. The number of rotatable bonds is 17. The largest absolute Gasteiger partial charge is 0.495 e. The van der Waals surface area contributed by atoms with Gasteiger partial charge in [0.2, 0.25) is 5.91 Å². The molecule has 13 heteroatoms. The number of hydrogen-bond donors (Lipinski definition) is 2. The quantitative estimate of drug-likeness (QED) is 0.148. The molecule has 11 nitrogen and oxygen atoms in total. The number of carbonyl (C=O) groups is 3. The molecule has 0 radical (unpaired) electrons. The average molecular weight is 761 g/mol. The first-order chi connectivity index (χ1) is 24.1. The van der Waals surface area contributed by atoms with Crippen LogP contribution in [0, 0.1) is 6.92 Å². The van der Waals surface area contributed by atoms with Gasteiger partial charge in [-0.3, -0.25) is 14.4 Å². The summed E-state index contributed by atoms with van der Waals surface area (Å²) in [6.07, 6.45) is 5.79. The molecule has 1 aliphatic heterocycles. The molecule has 0 spiro atoms. The minimum absolute atomic E-state index is 0. The fourth-order valence-corrected chi connectivity index (χ4v) is 6.01. The molecular weight excluding hydrogens is 705 g/mol. The number of piperidine rings is 1. The third kappa shape index (κ3) is 12.3. The van der Waals surface area contributed by atoms with Gasteiger partial charge < -0.3 is 40.0 Å². The molecule has 3 aromatic carbocycles. The van der Waals surface area contributed by atoms with Gasteiger partial charge in [0, 0.05) is 38.2 Å². The van der Waals surface area contributed by atoms with Crippen LogP contribution < -0.4 is 30.2 Å². The number of likely N-dealkylation sites (tertiary alicyclic amines) is 1. The van der Waals surface area contributed by atoms with Crippen molar-refractivity contribution in [2.24, 2.45) is 5.73 Å². The van der Waals surface area contributed by atoms with Crippen LogP contribution in [0.3, 0.4) is 0 Å². The van der Waals surface area contributed by atoms with Crippen LogP contribution in [0.5, 0.6) is 17.2 Å². The van der Waals surface area contributed by atoms with Gasteiger partial charge in [0.1, 0.15) is 17.2 Å². The van der Waals surface area contributed by atoms with E-state index >= 15 is 0 Å². The topological polar surface area (TPSA) is 127 Å². The van der Waals surface area contributed by atoms with Crippen LogP contribution >= 0.6 is 24.8 Å². The highest BCUT2D eigenvalue weighted by Crippen LogP contribution is 2.32. The Morgan fingerprint density at radius 1 is 0.846 bits per heavy atom. The van der Waals surface area contributed by atoms with Crippen molar-refractivity contribution in [1.29, 1.82) is 0 Å². The number of halogens is 2. The van der Waals surface area contributed by atoms with E-state index in [2.05, 4.69) is 24.3 Å². The van der Waals surface area contributed by atoms with Crippen LogP contribution in [0.1, 0.15) is 71.2 Å². The first kappa shape index (κ1) is 44.1. The van der Waals surface area contributed by atoms with E-state index in [0.717, 1.165) is 50.8 Å². The summed E-state index contributed by atoms with van der Waals surface area (Å²) in [6, 6.07) is 18.2. The van der Waals surface area contributed by atoms with Gasteiger partial charge in [0.25, 0.3) is 11.8 Å². The number of ether oxygens (including phenoxy) is 3. The zero-order valence-electron chi connectivity index (χ0n) is 31.0. The van der Waals surface area contributed by atoms with Gasteiger partial charge in [-0.15, -0.1) is 24.8 Å². The molecule has 3 amide bonds. The van der Waals surface area contributed by atoms with E-state index in [9.17, 15) is 14.4 Å². The fourth-order valence-electron chi connectivity index (χ4n) is 6.01. The fraction of sp³-hybridized carbons (Fsp3) is 0.462. The van der Waals surface area contributed by atoms with Crippen LogP contribution in [-0.2, 0) is 4.79 Å². The average Bonchev–Trinajstić information content (AvgIpc) is 3.12. The SMILES string of the molecule is COc1cc(C(=O)N(C)c2ccc(C)cc2OCCCCCC(=O)N2CCC(N(C)C)CC2)ccc1NC(=O)c1ccccc1OCCCN.Cl.Cl. The van der Waals surface area contributed by atoms with Crippen molar-refractivity contribution in [3.8, 4) is 17.2 Å². The summed E-state index contributed by atoms with van der Waals surface area (Å²) in [6.45, 7) is 5.02. The van der Waals surface area contributed by atoms with Crippen molar-refractivity contribution < 1.29 is 28.6 Å². The van der Waals surface area contributed by atoms with Crippen molar-refractivity contribution in [3.05, 3.63) is 77.4 Å². The van der Waals surface area contributed by atoms with Crippen molar-refractivity contribution in [2.45, 2.75) is 57.9 Å². The van der Waals surface area contributed by atoms with Crippen molar-refractivity contribution >= 4 is 53.9 Å². The van der Waals surface area contributed by atoms with Gasteiger partial charge in [0.05, 0.1) is 37.3 Å². The van der Waals surface area contributed by atoms with Crippen molar-refractivity contribution in [3.63, 3.8) is 0 Å². The summed E-state index contributed by atoms with van der Waals surface area (Å²) in [5.41, 5.74) is 8.41. The molecule has 1 heterocycles. The Hall–Kier alpha value is -4.03. The number of nitrogens with zero attached hydrogens (tertiary/aromatic N) is 3. The number of para-hydroxylation sites is 1. The predicted molar refractivity (Wildman–Crippen MR) is 212 cm³/mol. The van der Waals surface area contributed by atoms with E-state index in [1.54, 1.807) is 54.4 Å². The van der Waals surface area contributed by atoms with E-state index < -0.39 is 0 Å². The van der Waals surface area contributed by atoms with E-state index in [1.807, 2.05) is 30.0 Å². The Labute approximate surface area is 321 Å². The normalized spacial score (nSPS) is 12.7. The monoisotopic (exact) mass is 759 g/mol. The number of amides is 3. The zero-order chi connectivity index (χ0) is 36.0. The first-order valence-corrected chi connectivity index (χ1v) is 17.5. The molecule has 0 bridgehead atoms. The summed E-state index contributed by atoms with van der Waals surface area (Å²) in [7, 11) is 7.40. The highest BCUT2D eigenvalue weighted by Gasteiger charge is 2.24. The summed E-state index contributed by atoms with van der Waals surface area (Å²) >= 11 is 0. The van der Waals surface area contributed by atoms with E-state index in [1.165, 1.54) is 7.11 Å². The number of aryl methyl sites for hydroxylation is 1. The Balaban J connectivity index is 0.00000468. The highest BCUT2D eigenvalue weighted by atomic mass is 35.5. The number of unbranched alkanes of at least 4 members (excludes halogenated alkanes) is 2. The van der Waals surface area contributed by atoms with Crippen LogP contribution in [0.4, 0.5) is 11.4 Å². The summed E-state index contributed by atoms with van der Waals surface area (Å²) < 4.78 is 17.5. The smallest absolute Gasteiger partial charge is 0.259 e. The van der Waals surface area contributed by atoms with Crippen molar-refractivity contribution in [1.82, 2.24) is 9.80 Å². The molecule has 286 valence electrons. The maximum absolute atomic E-state index is 13.7. The van der Waals surface area contributed by atoms with Crippen LogP contribution in [0.15, 0.2) is 60.7 Å². The molecule has 0 unspecified atom stereocenters. The molecule has 0 aromatic heterocycles. The summed E-state index contributed by atoms with van der Waals surface area (Å²) in [4.78, 5) is 45.4. The number of methoxy groups -OCH3 is 1. The lowest BCUT2D eigenvalue weighted by Gasteiger charge is -2.35. The number of carbonyl (C=O) groups excluding carboxylic acids is 3. The van der Waals surface area contributed by atoms with E-state index in [4.69, 9.17) is 19.9 Å². The Morgan fingerprint density at radius 2 is 1.54 bits per heavy atom. The molecule has 0 saturated carbocycles. The number of benzene rings is 3. The molecule has 1 fully saturated rings. The van der Waals surface area contributed by atoms with E-state index in [0.29, 0.717) is 78.4 Å². The minimum Gasteiger partial charge on any atom is -0.495 e. The third-order valence-electron chi connectivity index (χ3n) is 9.06. The molecule has 52 heavy (non-hydrogen) atoms. The lowest BCUT2D eigenvalue weighted by molar-refractivity contribution is -0.132. The van der Waals surface area contributed by atoms with E-state index in [-0.39, 0.29) is 42.5 Å². The van der Waals surface area contributed by atoms with Crippen molar-refractivity contribution in [2.75, 3.05) is 71.3 Å². The minimum atomic E-state index is -0.365. The molecule has 0 aliphatic carbocycles. The number of anilines is 2. The second kappa shape index (κ2) is 22.1. The summed E-state index contributed by atoms with van der Waals surface area (Å²) in [5, 5.41) is 2.88. The lowest BCUT2D eigenvalue weighted by atomic mass is 10.0. The predicted octanol–water partition coefficient (Wildman–Crippen LogP) is 6.60. The zero-order valence-corrected chi connectivity index (χ0v) is 32.7. The van der Waals surface area contributed by atoms with Gasteiger partial charge in [-0.05, 0) is 114 Å². The number of nitrogens with one attached hydrogen (secondary N) is 1. The Bertz CT molecular complexity index is 1600. The summed E-state index contributed by atoms with van der Waals surface area (Å²) in [5.74, 6) is 1.03. The molecule has 0 atom stereocenters. The van der Waals surface area contributed by atoms with Gasteiger partial charge >= 0.3 is 0 Å². The molecular formula is C39H55Cl2N5O6. The Kier molecular flexibility index (Phi) is 18.8. The maximum atomic E-state index is 13.7. The third-order valence-corrected chi connectivity index (χ3v) is 9.06. The number of hydrogen-bond acceptors (Lipinski definition) is 8. The molecule has 1 saturated heterocycles. The lowest BCUT2D eigenvalue weighted by Crippen LogP contribution is -2.44. The Morgan fingerprint density at radius 3 is 2.23 bits per heavy atom. The maximum Gasteiger partial charge on any atom is 0.259 e. The van der Waals surface area contributed by atoms with Gasteiger partial charge in [-0.2, -0.15) is 0 Å². The van der Waals surface area contributed by atoms with Gasteiger partial charge in [-0.1, -0.05) is 18.2 Å². The highest BCUT2D eigenvalue weighted by molar-refractivity contribution is 6.09. The number of nitrogens with two attached hydrogens (primary N) is 1. The second-order valence-corrected chi connectivity index (χ2v) is 12.9. The van der Waals surface area contributed by atoms with Gasteiger partial charge in [0.15, 0.2) is 0 Å². The first-order valence-electron chi connectivity index (χ1n) is 17.5. The van der Waals surface area contributed by atoms with Gasteiger partial charge in [-0.25, -0.2) is 0 Å². The standard InChI is InChI=1S/C39H53N5O6.2ClH/c1-28-15-18-33(36(26-28)50-24-10-6-7-14-37(45)44-22-19-30(20-23-44)42(2)3)43(4)39(47)29-16-17-32(35(27-29)48-5)41-38(46)31-12-8-9-13-34(31)49-25-11-21-40;;/h8-9,12-13,15-18,26-27,30H,6-7,10-11,14,19-25,40H2,1-5H3,(H,41,46);2*1H. The van der Waals surface area contributed by atoms with Crippen LogP contribution in [-0.4, -0.2) is 94.7 Å².